The van der Waals surface area contributed by atoms with Crippen molar-refractivity contribution in [2.24, 2.45) is 0 Å². The minimum Gasteiger partial charge on any atom is -0.348 e. The Morgan fingerprint density at radius 2 is 1.67 bits per heavy atom. The summed E-state index contributed by atoms with van der Waals surface area (Å²) in [7, 11) is 0. The molecule has 2 aromatic carbocycles. The molecule has 0 saturated carbocycles. The summed E-state index contributed by atoms with van der Waals surface area (Å²) in [6, 6.07) is 22.6. The van der Waals surface area contributed by atoms with Gasteiger partial charge in [-0.15, -0.1) is 0 Å². The number of nitrogens with one attached hydrogen (secondary N) is 1. The van der Waals surface area contributed by atoms with Crippen LogP contribution in [0.4, 0.5) is 0 Å². The summed E-state index contributed by atoms with van der Waals surface area (Å²) in [6.45, 7) is 7.16. The Labute approximate surface area is 178 Å². The van der Waals surface area contributed by atoms with Gasteiger partial charge >= 0.3 is 0 Å². The summed E-state index contributed by atoms with van der Waals surface area (Å²) >= 11 is 0. The molecule has 30 heavy (non-hydrogen) atoms. The van der Waals surface area contributed by atoms with E-state index in [1.807, 2.05) is 36.4 Å². The Bertz CT molecular complexity index is 957. The summed E-state index contributed by atoms with van der Waals surface area (Å²) in [5, 5.41) is 7.96. The molecule has 5 heteroatoms. The maximum atomic E-state index is 13.1. The van der Waals surface area contributed by atoms with Gasteiger partial charge in [0.1, 0.15) is 5.69 Å². The first kappa shape index (κ1) is 20.4. The van der Waals surface area contributed by atoms with Crippen molar-refractivity contribution in [2.75, 3.05) is 13.1 Å². The Morgan fingerprint density at radius 3 is 2.30 bits per heavy atom. The van der Waals surface area contributed by atoms with Gasteiger partial charge in [0.15, 0.2) is 0 Å². The van der Waals surface area contributed by atoms with Crippen molar-refractivity contribution in [2.45, 2.75) is 45.2 Å². The lowest BCUT2D eigenvalue weighted by atomic mass is 10.0. The Hall–Kier alpha value is -2.92. The van der Waals surface area contributed by atoms with Crippen molar-refractivity contribution in [3.8, 4) is 5.69 Å². The maximum Gasteiger partial charge on any atom is 0.270 e. The second-order valence-electron chi connectivity index (χ2n) is 8.37. The minimum absolute atomic E-state index is 0.0419. The third kappa shape index (κ3) is 4.79. The number of nitrogens with zero attached hydrogens (tertiary/aromatic N) is 3. The zero-order valence-electron chi connectivity index (χ0n) is 17.8. The number of aromatic nitrogens is 2. The standard InChI is InChI=1S/C25H30N4O/c1-19(2)23-17-24(29(27-23)22-11-7-4-8-12-22)25(30)26-21-13-15-28(16-14-21)18-20-9-5-3-6-10-20/h3-12,17,19,21H,13-16,18H2,1-2H3,(H,26,30). The molecule has 1 aliphatic rings. The smallest absolute Gasteiger partial charge is 0.270 e. The quantitative estimate of drug-likeness (QED) is 0.665. The Morgan fingerprint density at radius 1 is 1.03 bits per heavy atom. The first-order valence-electron chi connectivity index (χ1n) is 10.8. The third-order valence-electron chi connectivity index (χ3n) is 5.72. The molecule has 0 aliphatic carbocycles. The van der Waals surface area contributed by atoms with E-state index < -0.39 is 0 Å². The van der Waals surface area contributed by atoms with Crippen LogP contribution in [0.15, 0.2) is 66.7 Å². The third-order valence-corrected chi connectivity index (χ3v) is 5.72. The molecule has 1 aliphatic heterocycles. The number of benzene rings is 2. The Kier molecular flexibility index (Phi) is 6.29. The van der Waals surface area contributed by atoms with Crippen molar-refractivity contribution in [3.63, 3.8) is 0 Å². The molecule has 1 N–H and O–H groups in total. The van der Waals surface area contributed by atoms with Gasteiger partial charge < -0.3 is 5.32 Å². The second kappa shape index (κ2) is 9.26. The van der Waals surface area contributed by atoms with E-state index in [-0.39, 0.29) is 17.9 Å². The average Bonchev–Trinajstić information content (AvgIpc) is 3.23. The molecule has 4 rings (SSSR count). The lowest BCUT2D eigenvalue weighted by Gasteiger charge is -2.32. The van der Waals surface area contributed by atoms with E-state index >= 15 is 0 Å². The number of rotatable bonds is 6. The average molecular weight is 403 g/mol. The molecule has 0 atom stereocenters. The highest BCUT2D eigenvalue weighted by atomic mass is 16.2. The number of piperidine rings is 1. The molecule has 0 unspecified atom stereocenters. The fourth-order valence-electron chi connectivity index (χ4n) is 3.95. The normalized spacial score (nSPS) is 15.4. The van der Waals surface area contributed by atoms with Crippen LogP contribution in [0.3, 0.4) is 0 Å². The molecule has 2 heterocycles. The molecule has 156 valence electrons. The number of hydrogen-bond acceptors (Lipinski definition) is 3. The van der Waals surface area contributed by atoms with Gasteiger partial charge in [-0.05, 0) is 42.5 Å². The summed E-state index contributed by atoms with van der Waals surface area (Å²) < 4.78 is 1.77. The van der Waals surface area contributed by atoms with Crippen LogP contribution in [-0.4, -0.2) is 39.7 Å². The zero-order valence-corrected chi connectivity index (χ0v) is 17.8. The maximum absolute atomic E-state index is 13.1. The first-order valence-corrected chi connectivity index (χ1v) is 10.8. The van der Waals surface area contributed by atoms with Crippen LogP contribution in [0, 0.1) is 0 Å². The van der Waals surface area contributed by atoms with E-state index in [1.54, 1.807) is 4.68 Å². The monoisotopic (exact) mass is 402 g/mol. The largest absolute Gasteiger partial charge is 0.348 e. The Balaban J connectivity index is 1.41. The predicted octanol–water partition coefficient (Wildman–Crippen LogP) is 4.39. The van der Waals surface area contributed by atoms with Crippen LogP contribution < -0.4 is 5.32 Å². The highest BCUT2D eigenvalue weighted by Gasteiger charge is 2.24. The fourth-order valence-corrected chi connectivity index (χ4v) is 3.95. The van der Waals surface area contributed by atoms with E-state index in [2.05, 4.69) is 54.4 Å². The molecular formula is C25H30N4O. The van der Waals surface area contributed by atoms with Crippen molar-refractivity contribution >= 4 is 5.91 Å². The van der Waals surface area contributed by atoms with Crippen molar-refractivity contribution in [1.82, 2.24) is 20.0 Å². The van der Waals surface area contributed by atoms with Crippen LogP contribution >= 0.6 is 0 Å². The van der Waals surface area contributed by atoms with Gasteiger partial charge in [0, 0.05) is 25.7 Å². The number of carbonyl (C=O) groups excluding carboxylic acids is 1. The summed E-state index contributed by atoms with van der Waals surface area (Å²) in [5.74, 6) is 0.225. The van der Waals surface area contributed by atoms with Gasteiger partial charge in [0.25, 0.3) is 5.91 Å². The second-order valence-corrected chi connectivity index (χ2v) is 8.37. The number of likely N-dealkylation sites (tertiary alicyclic amines) is 1. The van der Waals surface area contributed by atoms with E-state index in [0.717, 1.165) is 43.9 Å². The number of para-hydroxylation sites is 1. The molecule has 1 amide bonds. The van der Waals surface area contributed by atoms with Crippen LogP contribution in [0.25, 0.3) is 5.69 Å². The van der Waals surface area contributed by atoms with Crippen LogP contribution in [0.1, 0.15) is 54.4 Å². The molecule has 5 nitrogen and oxygen atoms in total. The topological polar surface area (TPSA) is 50.2 Å². The number of amides is 1. The van der Waals surface area contributed by atoms with Crippen molar-refractivity contribution in [3.05, 3.63) is 83.7 Å². The summed E-state index contributed by atoms with van der Waals surface area (Å²) in [4.78, 5) is 15.6. The van der Waals surface area contributed by atoms with E-state index in [0.29, 0.717) is 5.69 Å². The van der Waals surface area contributed by atoms with Crippen LogP contribution in [-0.2, 0) is 6.54 Å². The molecule has 0 radical (unpaired) electrons. The van der Waals surface area contributed by atoms with Crippen LogP contribution in [0.2, 0.25) is 0 Å². The molecule has 0 bridgehead atoms. The van der Waals surface area contributed by atoms with Gasteiger partial charge in [-0.2, -0.15) is 5.10 Å². The highest BCUT2D eigenvalue weighted by molar-refractivity contribution is 5.93. The van der Waals surface area contributed by atoms with Gasteiger partial charge in [-0.1, -0.05) is 62.4 Å². The van der Waals surface area contributed by atoms with E-state index in [9.17, 15) is 4.79 Å². The van der Waals surface area contributed by atoms with Crippen molar-refractivity contribution in [1.29, 1.82) is 0 Å². The van der Waals surface area contributed by atoms with Crippen molar-refractivity contribution < 1.29 is 4.79 Å². The molecule has 0 spiro atoms. The molecule has 1 fully saturated rings. The summed E-state index contributed by atoms with van der Waals surface area (Å²) in [6.07, 6.45) is 1.93. The highest BCUT2D eigenvalue weighted by Crippen LogP contribution is 2.20. The number of hydrogen-bond donors (Lipinski definition) is 1. The molecule has 3 aromatic rings. The summed E-state index contributed by atoms with van der Waals surface area (Å²) in [5.41, 5.74) is 3.79. The fraction of sp³-hybridized carbons (Fsp3) is 0.360. The molecule has 1 aromatic heterocycles. The molecule has 1 saturated heterocycles. The van der Waals surface area contributed by atoms with E-state index in [4.69, 9.17) is 5.10 Å². The van der Waals surface area contributed by atoms with Gasteiger partial charge in [0.2, 0.25) is 0 Å². The minimum atomic E-state index is -0.0419. The molecular weight excluding hydrogens is 372 g/mol. The lowest BCUT2D eigenvalue weighted by molar-refractivity contribution is 0.0901. The predicted molar refractivity (Wildman–Crippen MR) is 120 cm³/mol. The van der Waals surface area contributed by atoms with Gasteiger partial charge in [-0.3, -0.25) is 9.69 Å². The lowest BCUT2D eigenvalue weighted by Crippen LogP contribution is -2.44. The first-order chi connectivity index (χ1) is 14.6. The van der Waals surface area contributed by atoms with Gasteiger partial charge in [-0.25, -0.2) is 4.68 Å². The van der Waals surface area contributed by atoms with Crippen LogP contribution in [0.5, 0.6) is 0 Å². The SMILES string of the molecule is CC(C)c1cc(C(=O)NC2CCN(Cc3ccccc3)CC2)n(-c2ccccc2)n1. The number of carbonyl (C=O) groups is 1. The zero-order chi connectivity index (χ0) is 20.9. The van der Waals surface area contributed by atoms with E-state index in [1.165, 1.54) is 5.56 Å². The van der Waals surface area contributed by atoms with Gasteiger partial charge in [0.05, 0.1) is 11.4 Å².